The Morgan fingerprint density at radius 1 is 1.53 bits per heavy atom. The predicted octanol–water partition coefficient (Wildman–Crippen LogP) is 0.453. The first-order chi connectivity index (χ1) is 9.02. The Hall–Kier alpha value is -1.18. The van der Waals surface area contributed by atoms with E-state index in [1.165, 1.54) is 4.90 Å². The average molecular weight is 330 g/mol. The highest BCUT2D eigenvalue weighted by Gasteiger charge is 2.33. The molecule has 1 aromatic heterocycles. The fourth-order valence-electron chi connectivity index (χ4n) is 2.02. The van der Waals surface area contributed by atoms with Gasteiger partial charge in [0.1, 0.15) is 5.82 Å². The third-order valence-electron chi connectivity index (χ3n) is 2.98. The van der Waals surface area contributed by atoms with Crippen molar-refractivity contribution in [1.29, 1.82) is 0 Å². The van der Waals surface area contributed by atoms with Crippen molar-refractivity contribution >= 4 is 27.7 Å². The normalized spacial score (nSPS) is 22.6. The molecule has 2 heterocycles. The van der Waals surface area contributed by atoms with E-state index in [9.17, 15) is 15.0 Å². The van der Waals surface area contributed by atoms with E-state index >= 15 is 0 Å². The van der Waals surface area contributed by atoms with Gasteiger partial charge in [0.15, 0.2) is 0 Å². The number of hydrogen-bond acceptors (Lipinski definition) is 5. The van der Waals surface area contributed by atoms with Gasteiger partial charge < -0.3 is 20.4 Å². The zero-order valence-corrected chi connectivity index (χ0v) is 12.1. The number of hydrogen-bond donors (Lipinski definition) is 3. The van der Waals surface area contributed by atoms with E-state index in [4.69, 9.17) is 0 Å². The molecule has 6 nitrogen and oxygen atoms in total. The topological polar surface area (TPSA) is 85.7 Å². The minimum atomic E-state index is -0.883. The van der Waals surface area contributed by atoms with Gasteiger partial charge in [0.05, 0.1) is 17.8 Å². The molecule has 3 N–H and O–H groups in total. The van der Waals surface area contributed by atoms with Crippen LogP contribution in [0.3, 0.4) is 0 Å². The van der Waals surface area contributed by atoms with Gasteiger partial charge in [-0.1, -0.05) is 0 Å². The lowest BCUT2D eigenvalue weighted by Crippen LogP contribution is -2.30. The smallest absolute Gasteiger partial charge is 0.257 e. The molecule has 0 saturated carbocycles. The summed E-state index contributed by atoms with van der Waals surface area (Å²) in [7, 11) is 0. The van der Waals surface area contributed by atoms with Gasteiger partial charge in [-0.25, -0.2) is 4.98 Å². The first kappa shape index (κ1) is 14.2. The van der Waals surface area contributed by atoms with Crippen molar-refractivity contribution in [1.82, 2.24) is 9.88 Å². The van der Waals surface area contributed by atoms with Crippen LogP contribution in [0.4, 0.5) is 5.82 Å². The summed E-state index contributed by atoms with van der Waals surface area (Å²) in [5.74, 6) is 0.256. The third kappa shape index (κ3) is 3.05. The summed E-state index contributed by atoms with van der Waals surface area (Å²) in [6.07, 6.45) is -0.152. The molecule has 1 saturated heterocycles. The van der Waals surface area contributed by atoms with Crippen LogP contribution in [0.15, 0.2) is 16.7 Å². The molecule has 1 aromatic rings. The Labute approximate surface area is 119 Å². The van der Waals surface area contributed by atoms with Crippen molar-refractivity contribution in [3.8, 4) is 0 Å². The van der Waals surface area contributed by atoms with Crippen molar-refractivity contribution in [2.75, 3.05) is 25.0 Å². The summed E-state index contributed by atoms with van der Waals surface area (Å²) in [5.41, 5.74) is 0.428. The number of halogens is 1. The minimum Gasteiger partial charge on any atom is -0.388 e. The Kier molecular flexibility index (Phi) is 4.38. The van der Waals surface area contributed by atoms with Crippen molar-refractivity contribution in [3.63, 3.8) is 0 Å². The standard InChI is InChI=1S/C12H16BrN3O3/c1-2-14-11-8(3-7(13)4-15-11)12(19)16-5-9(17)10(18)6-16/h3-4,9-10,17-18H,2,5-6H2,1H3,(H,14,15). The Bertz CT molecular complexity index is 473. The molecule has 1 aliphatic heterocycles. The Morgan fingerprint density at radius 3 is 2.74 bits per heavy atom. The van der Waals surface area contributed by atoms with Crippen LogP contribution in [-0.2, 0) is 0 Å². The Morgan fingerprint density at radius 2 is 2.16 bits per heavy atom. The van der Waals surface area contributed by atoms with E-state index in [1.54, 1.807) is 12.3 Å². The molecule has 0 radical (unpaired) electrons. The molecular formula is C12H16BrN3O3. The van der Waals surface area contributed by atoms with Gasteiger partial charge in [-0.3, -0.25) is 4.79 Å². The highest BCUT2D eigenvalue weighted by atomic mass is 79.9. The maximum Gasteiger partial charge on any atom is 0.257 e. The van der Waals surface area contributed by atoms with E-state index in [1.807, 2.05) is 6.92 Å². The first-order valence-corrected chi connectivity index (χ1v) is 6.87. The van der Waals surface area contributed by atoms with Crippen LogP contribution < -0.4 is 5.32 Å². The lowest BCUT2D eigenvalue weighted by molar-refractivity contribution is 0.0572. The van der Waals surface area contributed by atoms with Gasteiger partial charge in [0.25, 0.3) is 5.91 Å². The molecule has 104 valence electrons. The van der Waals surface area contributed by atoms with Gasteiger partial charge in [-0.05, 0) is 28.9 Å². The maximum absolute atomic E-state index is 12.4. The van der Waals surface area contributed by atoms with Gasteiger partial charge in [-0.2, -0.15) is 0 Å². The number of rotatable bonds is 3. The summed E-state index contributed by atoms with van der Waals surface area (Å²) >= 11 is 3.29. The molecule has 2 atom stereocenters. The van der Waals surface area contributed by atoms with Crippen molar-refractivity contribution in [3.05, 3.63) is 22.3 Å². The summed E-state index contributed by atoms with van der Waals surface area (Å²) in [6, 6.07) is 1.68. The maximum atomic E-state index is 12.4. The molecular weight excluding hydrogens is 314 g/mol. The quantitative estimate of drug-likeness (QED) is 0.749. The second-order valence-electron chi connectivity index (χ2n) is 4.42. The van der Waals surface area contributed by atoms with E-state index in [2.05, 4.69) is 26.2 Å². The lowest BCUT2D eigenvalue weighted by Gasteiger charge is -2.17. The molecule has 2 unspecified atom stereocenters. The highest BCUT2D eigenvalue weighted by molar-refractivity contribution is 9.10. The van der Waals surface area contributed by atoms with E-state index in [0.29, 0.717) is 22.4 Å². The number of aromatic nitrogens is 1. The van der Waals surface area contributed by atoms with Gasteiger partial charge in [0.2, 0.25) is 0 Å². The molecule has 0 spiro atoms. The highest BCUT2D eigenvalue weighted by Crippen LogP contribution is 2.22. The van der Waals surface area contributed by atoms with Gasteiger partial charge in [0, 0.05) is 30.3 Å². The number of aliphatic hydroxyl groups excluding tert-OH is 2. The zero-order valence-electron chi connectivity index (χ0n) is 10.5. The Balaban J connectivity index is 2.25. The monoisotopic (exact) mass is 329 g/mol. The fourth-order valence-corrected chi connectivity index (χ4v) is 2.35. The minimum absolute atomic E-state index is 0.137. The first-order valence-electron chi connectivity index (χ1n) is 6.07. The fraction of sp³-hybridized carbons (Fsp3) is 0.500. The number of nitrogens with zero attached hydrogens (tertiary/aromatic N) is 2. The van der Waals surface area contributed by atoms with Crippen LogP contribution in [0.25, 0.3) is 0 Å². The number of pyridine rings is 1. The second kappa shape index (κ2) is 5.85. The van der Waals surface area contributed by atoms with Crippen LogP contribution >= 0.6 is 15.9 Å². The number of aliphatic hydroxyl groups is 2. The molecule has 1 aliphatic rings. The van der Waals surface area contributed by atoms with Crippen LogP contribution in [0.1, 0.15) is 17.3 Å². The van der Waals surface area contributed by atoms with E-state index in [0.717, 1.165) is 0 Å². The van der Waals surface area contributed by atoms with Crippen LogP contribution in [0.2, 0.25) is 0 Å². The number of nitrogens with one attached hydrogen (secondary N) is 1. The summed E-state index contributed by atoms with van der Waals surface area (Å²) in [6.45, 7) is 2.84. The number of carbonyl (C=O) groups is 1. The number of anilines is 1. The number of likely N-dealkylation sites (tertiary alicyclic amines) is 1. The number of amides is 1. The SMILES string of the molecule is CCNc1ncc(Br)cc1C(=O)N1CC(O)C(O)C1. The summed E-state index contributed by atoms with van der Waals surface area (Å²) in [5, 5.41) is 22.0. The molecule has 1 fully saturated rings. The van der Waals surface area contributed by atoms with Gasteiger partial charge >= 0.3 is 0 Å². The summed E-state index contributed by atoms with van der Waals surface area (Å²) < 4.78 is 0.706. The summed E-state index contributed by atoms with van der Waals surface area (Å²) in [4.78, 5) is 18.0. The number of carbonyl (C=O) groups excluding carboxylic acids is 1. The van der Waals surface area contributed by atoms with E-state index in [-0.39, 0.29) is 19.0 Å². The predicted molar refractivity (Wildman–Crippen MR) is 74.0 cm³/mol. The van der Waals surface area contributed by atoms with Crippen LogP contribution in [0, 0.1) is 0 Å². The van der Waals surface area contributed by atoms with Crippen LogP contribution in [0.5, 0.6) is 0 Å². The van der Waals surface area contributed by atoms with Crippen molar-refractivity contribution in [2.24, 2.45) is 0 Å². The van der Waals surface area contributed by atoms with Crippen molar-refractivity contribution in [2.45, 2.75) is 19.1 Å². The lowest BCUT2D eigenvalue weighted by atomic mass is 10.2. The largest absolute Gasteiger partial charge is 0.388 e. The van der Waals surface area contributed by atoms with E-state index < -0.39 is 12.2 Å². The molecule has 1 amide bonds. The molecule has 0 aromatic carbocycles. The molecule has 0 aliphatic carbocycles. The molecule has 7 heteroatoms. The molecule has 0 bridgehead atoms. The molecule has 19 heavy (non-hydrogen) atoms. The van der Waals surface area contributed by atoms with Crippen LogP contribution in [-0.4, -0.2) is 57.8 Å². The number of β-amino-alcohol motifs (C(OH)–C–C–N with tert-alkyl or cyclic N) is 2. The zero-order chi connectivity index (χ0) is 14.0. The second-order valence-corrected chi connectivity index (χ2v) is 5.34. The third-order valence-corrected chi connectivity index (χ3v) is 3.41. The van der Waals surface area contributed by atoms with Gasteiger partial charge in [-0.15, -0.1) is 0 Å². The molecule has 2 rings (SSSR count). The average Bonchev–Trinajstić information content (AvgIpc) is 2.71. The van der Waals surface area contributed by atoms with Crippen molar-refractivity contribution < 1.29 is 15.0 Å².